The molecule has 0 N–H and O–H groups in total. The summed E-state index contributed by atoms with van der Waals surface area (Å²) in [5.41, 5.74) is 0. The molecule has 0 aliphatic carbocycles. The number of nitrogens with zero attached hydrogens (tertiary/aromatic N) is 6. The molecule has 14 heavy (non-hydrogen) atoms. The van der Waals surface area contributed by atoms with Crippen molar-refractivity contribution in [1.29, 1.82) is 5.26 Å². The molecule has 70 valence electrons. The van der Waals surface area contributed by atoms with Crippen LogP contribution < -0.4 is 0 Å². The van der Waals surface area contributed by atoms with Crippen molar-refractivity contribution in [3.8, 4) is 6.07 Å². The van der Waals surface area contributed by atoms with Crippen molar-refractivity contribution in [2.75, 3.05) is 0 Å². The summed E-state index contributed by atoms with van der Waals surface area (Å²) in [6, 6.07) is 1.84. The first-order chi connectivity index (χ1) is 6.78. The van der Waals surface area contributed by atoms with Gasteiger partial charge in [0.15, 0.2) is 0 Å². The molecule has 0 aliphatic rings. The summed E-state index contributed by atoms with van der Waals surface area (Å²) in [5.74, 6) is 0.139. The van der Waals surface area contributed by atoms with E-state index in [0.29, 0.717) is 11.0 Å². The second-order valence-corrected chi connectivity index (χ2v) is 3.97. The Balaban J connectivity index is 2.15. The second kappa shape index (κ2) is 3.69. The molecular formula is C6H3ClN6S. The van der Waals surface area contributed by atoms with Crippen LogP contribution >= 0.6 is 22.9 Å². The van der Waals surface area contributed by atoms with E-state index in [2.05, 4.69) is 20.3 Å². The SMILES string of the molecule is N#Cc1ncn(Cc2nnc(Cl)s2)n1. The van der Waals surface area contributed by atoms with Gasteiger partial charge in [0.2, 0.25) is 4.47 Å². The Morgan fingerprint density at radius 3 is 3.00 bits per heavy atom. The normalized spacial score (nSPS) is 10.0. The van der Waals surface area contributed by atoms with Crippen molar-refractivity contribution in [3.63, 3.8) is 0 Å². The number of rotatable bonds is 2. The van der Waals surface area contributed by atoms with Gasteiger partial charge in [0.05, 0.1) is 6.54 Å². The molecule has 0 unspecified atom stereocenters. The van der Waals surface area contributed by atoms with Gasteiger partial charge >= 0.3 is 0 Å². The summed E-state index contributed by atoms with van der Waals surface area (Å²) < 4.78 is 1.90. The standard InChI is InChI=1S/C6H3ClN6S/c7-6-11-10-5(14-6)2-13-3-9-4(1-8)12-13/h3H,2H2. The van der Waals surface area contributed by atoms with Crippen molar-refractivity contribution in [1.82, 2.24) is 25.0 Å². The molecule has 0 fully saturated rings. The van der Waals surface area contributed by atoms with E-state index in [1.54, 1.807) is 0 Å². The highest BCUT2D eigenvalue weighted by atomic mass is 35.5. The summed E-state index contributed by atoms with van der Waals surface area (Å²) >= 11 is 6.88. The van der Waals surface area contributed by atoms with E-state index < -0.39 is 0 Å². The van der Waals surface area contributed by atoms with Gasteiger partial charge in [-0.1, -0.05) is 11.3 Å². The van der Waals surface area contributed by atoms with Crippen molar-refractivity contribution in [2.24, 2.45) is 0 Å². The highest BCUT2D eigenvalue weighted by Crippen LogP contribution is 2.15. The molecule has 0 spiro atoms. The molecule has 0 atom stereocenters. The molecule has 6 nitrogen and oxygen atoms in total. The molecule has 0 amide bonds. The quantitative estimate of drug-likeness (QED) is 0.753. The molecule has 0 bridgehead atoms. The fraction of sp³-hybridized carbons (Fsp3) is 0.167. The van der Waals surface area contributed by atoms with Crippen molar-refractivity contribution in [2.45, 2.75) is 6.54 Å². The van der Waals surface area contributed by atoms with Gasteiger partial charge in [0, 0.05) is 0 Å². The number of aromatic nitrogens is 5. The third-order valence-corrected chi connectivity index (χ3v) is 2.38. The number of nitriles is 1. The van der Waals surface area contributed by atoms with E-state index >= 15 is 0 Å². The summed E-state index contributed by atoms with van der Waals surface area (Å²) in [7, 11) is 0. The van der Waals surface area contributed by atoms with Crippen LogP contribution in [0.15, 0.2) is 6.33 Å². The maximum Gasteiger partial charge on any atom is 0.252 e. The molecule has 0 saturated carbocycles. The Morgan fingerprint density at radius 2 is 2.43 bits per heavy atom. The average Bonchev–Trinajstić information content (AvgIpc) is 2.76. The maximum absolute atomic E-state index is 8.49. The number of halogens is 1. The summed E-state index contributed by atoms with van der Waals surface area (Å²) in [6.07, 6.45) is 1.47. The van der Waals surface area contributed by atoms with Gasteiger partial charge in [-0.3, -0.25) is 0 Å². The van der Waals surface area contributed by atoms with E-state index in [-0.39, 0.29) is 5.82 Å². The molecule has 0 aliphatic heterocycles. The van der Waals surface area contributed by atoms with Crippen LogP contribution in [0, 0.1) is 11.3 Å². The summed E-state index contributed by atoms with van der Waals surface area (Å²) in [6.45, 7) is 0.430. The third-order valence-electron chi connectivity index (χ3n) is 1.38. The predicted molar refractivity (Wildman–Crippen MR) is 48.8 cm³/mol. The Labute approximate surface area is 87.8 Å². The lowest BCUT2D eigenvalue weighted by Crippen LogP contribution is -2.00. The molecule has 2 heterocycles. The van der Waals surface area contributed by atoms with Gasteiger partial charge in [-0.15, -0.1) is 15.3 Å². The zero-order valence-electron chi connectivity index (χ0n) is 6.75. The van der Waals surface area contributed by atoms with E-state index in [4.69, 9.17) is 16.9 Å². The summed E-state index contributed by atoms with van der Waals surface area (Å²) in [4.78, 5) is 3.75. The van der Waals surface area contributed by atoms with Crippen LogP contribution in [0.1, 0.15) is 10.8 Å². The second-order valence-electron chi connectivity index (χ2n) is 2.33. The Bertz CT molecular complexity index is 482. The van der Waals surface area contributed by atoms with E-state index in [1.165, 1.54) is 22.3 Å². The third kappa shape index (κ3) is 1.86. The van der Waals surface area contributed by atoms with Gasteiger partial charge in [0.1, 0.15) is 17.4 Å². The zero-order chi connectivity index (χ0) is 9.97. The lowest BCUT2D eigenvalue weighted by molar-refractivity contribution is 0.673. The Kier molecular flexibility index (Phi) is 2.39. The molecule has 0 saturated heterocycles. The van der Waals surface area contributed by atoms with Crippen molar-refractivity contribution >= 4 is 22.9 Å². The zero-order valence-corrected chi connectivity index (χ0v) is 8.33. The van der Waals surface area contributed by atoms with Gasteiger partial charge in [-0.25, -0.2) is 9.67 Å². The van der Waals surface area contributed by atoms with Crippen LogP contribution in [0.4, 0.5) is 0 Å². The van der Waals surface area contributed by atoms with Crippen LogP contribution in [0.25, 0.3) is 0 Å². The highest BCUT2D eigenvalue weighted by Gasteiger charge is 2.04. The number of hydrogen-bond donors (Lipinski definition) is 0. The first-order valence-electron chi connectivity index (χ1n) is 3.55. The minimum absolute atomic E-state index is 0.139. The van der Waals surface area contributed by atoms with Crippen LogP contribution in [-0.2, 0) is 6.54 Å². The van der Waals surface area contributed by atoms with Crippen molar-refractivity contribution < 1.29 is 0 Å². The molecule has 2 aromatic rings. The Hall–Kier alpha value is -1.52. The molecular weight excluding hydrogens is 224 g/mol. The van der Waals surface area contributed by atoms with Crippen LogP contribution in [-0.4, -0.2) is 25.0 Å². The lowest BCUT2D eigenvalue weighted by Gasteiger charge is -1.92. The predicted octanol–water partition coefficient (Wildman–Crippen LogP) is 0.703. The van der Waals surface area contributed by atoms with E-state index in [9.17, 15) is 0 Å². The highest BCUT2D eigenvalue weighted by molar-refractivity contribution is 7.15. The van der Waals surface area contributed by atoms with Crippen LogP contribution in [0.5, 0.6) is 0 Å². The molecule has 8 heteroatoms. The Morgan fingerprint density at radius 1 is 1.57 bits per heavy atom. The van der Waals surface area contributed by atoms with Gasteiger partial charge < -0.3 is 0 Å². The topological polar surface area (TPSA) is 80.3 Å². The minimum atomic E-state index is 0.139. The fourth-order valence-electron chi connectivity index (χ4n) is 0.858. The lowest BCUT2D eigenvalue weighted by atomic mass is 10.7. The first kappa shape index (κ1) is 9.05. The average molecular weight is 227 g/mol. The maximum atomic E-state index is 8.49. The molecule has 2 aromatic heterocycles. The van der Waals surface area contributed by atoms with Gasteiger partial charge in [-0.2, -0.15) is 5.26 Å². The molecule has 0 aromatic carbocycles. The van der Waals surface area contributed by atoms with E-state index in [1.807, 2.05) is 6.07 Å². The minimum Gasteiger partial charge on any atom is -0.245 e. The number of hydrogen-bond acceptors (Lipinski definition) is 6. The van der Waals surface area contributed by atoms with Crippen LogP contribution in [0.2, 0.25) is 4.47 Å². The van der Waals surface area contributed by atoms with Crippen molar-refractivity contribution in [3.05, 3.63) is 21.6 Å². The first-order valence-corrected chi connectivity index (χ1v) is 4.75. The van der Waals surface area contributed by atoms with Gasteiger partial charge in [0.25, 0.3) is 5.82 Å². The van der Waals surface area contributed by atoms with E-state index in [0.717, 1.165) is 5.01 Å². The fourth-order valence-corrected chi connectivity index (χ4v) is 1.72. The summed E-state index contributed by atoms with van der Waals surface area (Å²) in [5, 5.41) is 20.5. The molecule has 0 radical (unpaired) electrons. The smallest absolute Gasteiger partial charge is 0.245 e. The van der Waals surface area contributed by atoms with Gasteiger partial charge in [-0.05, 0) is 11.6 Å². The monoisotopic (exact) mass is 226 g/mol. The van der Waals surface area contributed by atoms with Crippen LogP contribution in [0.3, 0.4) is 0 Å². The molecule has 2 rings (SSSR count). The largest absolute Gasteiger partial charge is 0.252 e.